The lowest BCUT2D eigenvalue weighted by Gasteiger charge is -2.25. The number of hydrogen-bond acceptors (Lipinski definition) is 6. The number of sulfonamides is 1. The first-order valence-electron chi connectivity index (χ1n) is 8.59. The van der Waals surface area contributed by atoms with Gasteiger partial charge in [0.15, 0.2) is 0 Å². The Morgan fingerprint density at radius 3 is 2.32 bits per heavy atom. The van der Waals surface area contributed by atoms with Crippen LogP contribution in [-0.2, 0) is 19.6 Å². The number of likely N-dealkylation sites (N-methyl/N-ethyl adjacent to an activating group) is 1. The van der Waals surface area contributed by atoms with Crippen molar-refractivity contribution in [2.24, 2.45) is 0 Å². The summed E-state index contributed by atoms with van der Waals surface area (Å²) in [4.78, 5) is 12.2. The van der Waals surface area contributed by atoms with Gasteiger partial charge in [-0.05, 0) is 42.8 Å². The van der Waals surface area contributed by atoms with E-state index in [0.29, 0.717) is 11.5 Å². The molecule has 0 aliphatic carbocycles. The van der Waals surface area contributed by atoms with Crippen molar-refractivity contribution in [3.63, 3.8) is 0 Å². The van der Waals surface area contributed by atoms with Gasteiger partial charge in [-0.15, -0.1) is 0 Å². The molecule has 0 aliphatic heterocycles. The van der Waals surface area contributed by atoms with Crippen molar-refractivity contribution in [1.29, 1.82) is 0 Å². The number of aliphatic hydroxyl groups excluding tert-OH is 1. The van der Waals surface area contributed by atoms with Crippen LogP contribution in [0, 0.1) is 0 Å². The third-order valence-electron chi connectivity index (χ3n) is 3.94. The zero-order valence-electron chi connectivity index (χ0n) is 15.5. The number of benzene rings is 2. The summed E-state index contributed by atoms with van der Waals surface area (Å²) in [6.45, 7) is 3.04. The fraction of sp³-hybridized carbons (Fsp3) is 0.250. The highest BCUT2D eigenvalue weighted by Gasteiger charge is 2.33. The average molecular weight is 405 g/mol. The first kappa shape index (κ1) is 21.6. The van der Waals surface area contributed by atoms with Crippen LogP contribution in [0.5, 0.6) is 11.5 Å². The molecule has 0 fully saturated rings. The van der Waals surface area contributed by atoms with Gasteiger partial charge in [-0.1, -0.05) is 30.9 Å². The van der Waals surface area contributed by atoms with Crippen LogP contribution in [0.15, 0.2) is 72.1 Å². The van der Waals surface area contributed by atoms with Gasteiger partial charge in [-0.2, -0.15) is 4.31 Å². The van der Waals surface area contributed by atoms with Gasteiger partial charge in [0.1, 0.15) is 24.1 Å². The quantitative estimate of drug-likeness (QED) is 0.482. The second-order valence-electron chi connectivity index (χ2n) is 5.85. The van der Waals surface area contributed by atoms with E-state index in [1.54, 1.807) is 12.1 Å². The van der Waals surface area contributed by atoms with Gasteiger partial charge >= 0.3 is 5.97 Å². The fourth-order valence-corrected chi connectivity index (χ4v) is 3.78. The number of para-hydroxylation sites is 1. The minimum absolute atomic E-state index is 0.00475. The van der Waals surface area contributed by atoms with Crippen LogP contribution in [0.25, 0.3) is 0 Å². The predicted molar refractivity (Wildman–Crippen MR) is 105 cm³/mol. The number of carbonyl (C=O) groups is 1. The van der Waals surface area contributed by atoms with E-state index >= 15 is 0 Å². The van der Waals surface area contributed by atoms with Crippen molar-refractivity contribution in [1.82, 2.24) is 4.31 Å². The summed E-state index contributed by atoms with van der Waals surface area (Å²) in [6, 6.07) is 13.8. The maximum Gasteiger partial charge on any atom is 0.324 e. The lowest BCUT2D eigenvalue weighted by Crippen LogP contribution is -2.43. The summed E-state index contributed by atoms with van der Waals surface area (Å²) >= 11 is 0. The third-order valence-corrected chi connectivity index (χ3v) is 5.82. The lowest BCUT2D eigenvalue weighted by atomic mass is 10.2. The monoisotopic (exact) mass is 405 g/mol. The van der Waals surface area contributed by atoms with E-state index in [2.05, 4.69) is 6.58 Å². The topological polar surface area (TPSA) is 93.1 Å². The summed E-state index contributed by atoms with van der Waals surface area (Å²) in [7, 11) is -2.70. The van der Waals surface area contributed by atoms with Crippen LogP contribution in [0.3, 0.4) is 0 Å². The van der Waals surface area contributed by atoms with E-state index in [0.717, 1.165) is 4.31 Å². The summed E-state index contributed by atoms with van der Waals surface area (Å²) in [5.74, 6) is 0.359. The Labute approximate surface area is 164 Å². The second kappa shape index (κ2) is 10.0. The highest BCUT2D eigenvalue weighted by Crippen LogP contribution is 2.25. The Kier molecular flexibility index (Phi) is 7.74. The number of carbonyl (C=O) groups excluding carboxylic acids is 1. The van der Waals surface area contributed by atoms with Crippen LogP contribution in [0.1, 0.15) is 6.42 Å². The molecule has 0 amide bonds. The third kappa shape index (κ3) is 5.41. The Balaban J connectivity index is 2.19. The molecule has 2 rings (SSSR count). The molecule has 0 aliphatic rings. The number of ether oxygens (including phenoxy) is 2. The van der Waals surface area contributed by atoms with E-state index < -0.39 is 22.0 Å². The van der Waals surface area contributed by atoms with Gasteiger partial charge < -0.3 is 14.6 Å². The molecule has 0 radical (unpaired) electrons. The van der Waals surface area contributed by atoms with Crippen LogP contribution in [-0.4, -0.2) is 50.1 Å². The highest BCUT2D eigenvalue weighted by atomic mass is 32.2. The molecule has 0 saturated carbocycles. The van der Waals surface area contributed by atoms with Gasteiger partial charge in [0.2, 0.25) is 10.0 Å². The van der Waals surface area contributed by atoms with Crippen molar-refractivity contribution in [2.45, 2.75) is 17.4 Å². The number of hydrogen-bond donors (Lipinski definition) is 1. The molecule has 1 unspecified atom stereocenters. The first-order chi connectivity index (χ1) is 13.4. The van der Waals surface area contributed by atoms with E-state index in [1.807, 2.05) is 18.2 Å². The van der Waals surface area contributed by atoms with E-state index in [9.17, 15) is 18.3 Å². The highest BCUT2D eigenvalue weighted by molar-refractivity contribution is 7.89. The number of nitrogens with zero attached hydrogens (tertiary/aromatic N) is 1. The summed E-state index contributed by atoms with van der Waals surface area (Å²) in [5, 5.41) is 9.21. The molecule has 0 spiro atoms. The molecule has 8 heteroatoms. The molecule has 2 aromatic rings. The first-order valence-corrected chi connectivity index (χ1v) is 10.0. The minimum atomic E-state index is -3.98. The molecule has 7 nitrogen and oxygen atoms in total. The minimum Gasteiger partial charge on any atom is -0.460 e. The van der Waals surface area contributed by atoms with E-state index in [1.165, 1.54) is 37.4 Å². The molecule has 1 atom stereocenters. The van der Waals surface area contributed by atoms with Crippen molar-refractivity contribution in [3.8, 4) is 11.5 Å². The maximum absolute atomic E-state index is 12.9. The van der Waals surface area contributed by atoms with Crippen LogP contribution < -0.4 is 4.74 Å². The standard InChI is InChI=1S/C20H23NO6S/c1-3-15-26-20(23)19(13-14-22)21(2)28(24,25)18-11-9-17(10-12-18)27-16-7-5-4-6-8-16/h3-12,19,22H,1,13-15H2,2H3. The van der Waals surface area contributed by atoms with E-state index in [4.69, 9.17) is 9.47 Å². The lowest BCUT2D eigenvalue weighted by molar-refractivity contribution is -0.147. The van der Waals surface area contributed by atoms with Gasteiger partial charge in [0.05, 0.1) is 4.90 Å². The summed E-state index contributed by atoms with van der Waals surface area (Å²) < 4.78 is 37.2. The van der Waals surface area contributed by atoms with Crippen LogP contribution in [0.2, 0.25) is 0 Å². The molecular weight excluding hydrogens is 382 g/mol. The molecule has 0 bridgehead atoms. The Bertz CT molecular complexity index is 881. The average Bonchev–Trinajstić information content (AvgIpc) is 2.71. The molecular formula is C20H23NO6S. The predicted octanol–water partition coefficient (Wildman–Crippen LogP) is 2.58. The smallest absolute Gasteiger partial charge is 0.324 e. The molecule has 0 aromatic heterocycles. The van der Waals surface area contributed by atoms with Crippen molar-refractivity contribution >= 4 is 16.0 Å². The molecule has 1 N–H and O–H groups in total. The van der Waals surface area contributed by atoms with Gasteiger partial charge in [-0.3, -0.25) is 4.79 Å². The maximum atomic E-state index is 12.9. The molecule has 28 heavy (non-hydrogen) atoms. The van der Waals surface area contributed by atoms with Crippen LogP contribution in [0.4, 0.5) is 0 Å². The Hall–Kier alpha value is -2.68. The van der Waals surface area contributed by atoms with Crippen LogP contribution >= 0.6 is 0 Å². The number of rotatable bonds is 10. The normalized spacial score (nSPS) is 12.4. The van der Waals surface area contributed by atoms with Crippen molar-refractivity contribution in [3.05, 3.63) is 67.3 Å². The van der Waals surface area contributed by atoms with Gasteiger partial charge in [0.25, 0.3) is 0 Å². The molecule has 0 saturated heterocycles. The van der Waals surface area contributed by atoms with Gasteiger partial charge in [0, 0.05) is 13.7 Å². The second-order valence-corrected chi connectivity index (χ2v) is 7.85. The summed E-state index contributed by atoms with van der Waals surface area (Å²) in [5.41, 5.74) is 0. The van der Waals surface area contributed by atoms with E-state index in [-0.39, 0.29) is 24.5 Å². The molecule has 0 heterocycles. The number of aliphatic hydroxyl groups is 1. The fourth-order valence-electron chi connectivity index (χ4n) is 2.45. The summed E-state index contributed by atoms with van der Waals surface area (Å²) in [6.07, 6.45) is 1.30. The number of esters is 1. The Morgan fingerprint density at radius 1 is 1.14 bits per heavy atom. The molecule has 2 aromatic carbocycles. The molecule has 150 valence electrons. The zero-order valence-corrected chi connectivity index (χ0v) is 16.3. The largest absolute Gasteiger partial charge is 0.460 e. The van der Waals surface area contributed by atoms with Crippen molar-refractivity contribution < 1.29 is 27.8 Å². The SMILES string of the molecule is C=CCOC(=O)C(CCO)N(C)S(=O)(=O)c1ccc(Oc2ccccc2)cc1. The Morgan fingerprint density at radius 2 is 1.75 bits per heavy atom. The zero-order chi connectivity index (χ0) is 20.6. The van der Waals surface area contributed by atoms with Gasteiger partial charge in [-0.25, -0.2) is 8.42 Å². The van der Waals surface area contributed by atoms with Crippen molar-refractivity contribution in [2.75, 3.05) is 20.3 Å².